The molecule has 2 atom stereocenters. The number of carbonyl (C=O) groups excluding carboxylic acids is 2. The van der Waals surface area contributed by atoms with Gasteiger partial charge in [-0.3, -0.25) is 14.6 Å². The Morgan fingerprint density at radius 3 is 2.64 bits per heavy atom. The van der Waals surface area contributed by atoms with Crippen molar-refractivity contribution in [3.63, 3.8) is 0 Å². The van der Waals surface area contributed by atoms with E-state index in [1.807, 2.05) is 30.3 Å². The third-order valence-electron chi connectivity index (χ3n) is 6.07. The van der Waals surface area contributed by atoms with Gasteiger partial charge in [0.1, 0.15) is 11.7 Å². The van der Waals surface area contributed by atoms with Crippen molar-refractivity contribution in [2.45, 2.75) is 44.3 Å². The Morgan fingerprint density at radius 2 is 1.91 bits per heavy atom. The molecule has 1 amide bonds. The number of likely N-dealkylation sites (tertiary alicyclic amines) is 1. The van der Waals surface area contributed by atoms with E-state index >= 15 is 0 Å². The summed E-state index contributed by atoms with van der Waals surface area (Å²) in [6.07, 6.45) is 2.01. The van der Waals surface area contributed by atoms with Crippen LogP contribution in [0.3, 0.4) is 0 Å². The summed E-state index contributed by atoms with van der Waals surface area (Å²) in [5.74, 6) is -0.573. The fourth-order valence-corrected chi connectivity index (χ4v) is 4.37. The normalized spacial score (nSPS) is 20.4. The van der Waals surface area contributed by atoms with Crippen LogP contribution in [-0.4, -0.2) is 39.8 Å². The fraction of sp³-hybridized carbons (Fsp3) is 0.308. The van der Waals surface area contributed by atoms with Crippen molar-refractivity contribution in [1.29, 1.82) is 5.26 Å². The number of ketones is 1. The maximum atomic E-state index is 14.4. The molecule has 2 heterocycles. The number of aromatic nitrogens is 1. The number of rotatable bonds is 5. The monoisotopic (exact) mass is 463 g/mol. The first kappa shape index (κ1) is 22.9. The van der Waals surface area contributed by atoms with Crippen molar-refractivity contribution in [2.75, 3.05) is 6.54 Å². The summed E-state index contributed by atoms with van der Waals surface area (Å²) in [6.45, 7) is 1.31. The molecule has 33 heavy (non-hydrogen) atoms. The number of nitrogens with zero attached hydrogens (tertiary/aromatic N) is 3. The highest BCUT2D eigenvalue weighted by atomic mass is 35.5. The zero-order chi connectivity index (χ0) is 23.6. The van der Waals surface area contributed by atoms with E-state index < -0.39 is 11.7 Å². The second-order valence-electron chi connectivity index (χ2n) is 8.64. The Labute approximate surface area is 196 Å². The molecule has 1 fully saturated rings. The van der Waals surface area contributed by atoms with Crippen molar-refractivity contribution in [1.82, 2.24) is 9.88 Å². The van der Waals surface area contributed by atoms with Gasteiger partial charge in [0.05, 0.1) is 18.1 Å². The van der Waals surface area contributed by atoms with Crippen LogP contribution in [0.1, 0.15) is 43.0 Å². The second-order valence-corrected chi connectivity index (χ2v) is 9.08. The Bertz CT molecular complexity index is 1250. The predicted octanol–water partition coefficient (Wildman–Crippen LogP) is 5.76. The van der Waals surface area contributed by atoms with Gasteiger partial charge in [-0.15, -0.1) is 0 Å². The van der Waals surface area contributed by atoms with Crippen LogP contribution in [0.4, 0.5) is 4.39 Å². The SMILES string of the molecule is CC1(F)CC[C@@H](C#N)N(C(=O)CCC(=O)c2ccnc3ccc(-c4ccc(Cl)cc4)cc23)C1. The Kier molecular flexibility index (Phi) is 6.44. The second kappa shape index (κ2) is 9.29. The summed E-state index contributed by atoms with van der Waals surface area (Å²) in [5.41, 5.74) is 1.52. The standard InChI is InChI=1S/C26H23ClFN3O2/c1-26(28)12-10-20(15-29)31(16-26)25(33)9-8-24(32)21-11-13-30-23-7-4-18(14-22(21)23)17-2-5-19(27)6-3-17/h2-7,11,13-14,20H,8-10,12,16H2,1H3/t20-,26?/m0/s1. The Morgan fingerprint density at radius 1 is 1.18 bits per heavy atom. The summed E-state index contributed by atoms with van der Waals surface area (Å²) >= 11 is 5.99. The largest absolute Gasteiger partial charge is 0.323 e. The zero-order valence-electron chi connectivity index (χ0n) is 18.2. The molecule has 1 aromatic heterocycles. The van der Waals surface area contributed by atoms with Gasteiger partial charge in [-0.05, 0) is 61.2 Å². The van der Waals surface area contributed by atoms with Crippen LogP contribution in [-0.2, 0) is 4.79 Å². The quantitative estimate of drug-likeness (QED) is 0.451. The van der Waals surface area contributed by atoms with E-state index in [1.165, 1.54) is 11.8 Å². The van der Waals surface area contributed by atoms with Gasteiger partial charge in [0, 0.05) is 35.0 Å². The number of benzene rings is 2. The number of hydrogen-bond donors (Lipinski definition) is 0. The van der Waals surface area contributed by atoms with Gasteiger partial charge in [0.2, 0.25) is 5.91 Å². The summed E-state index contributed by atoms with van der Waals surface area (Å²) in [6, 6.07) is 16.2. The molecule has 1 saturated heterocycles. The number of alkyl halides is 1. The number of pyridine rings is 1. The molecule has 1 aliphatic heterocycles. The van der Waals surface area contributed by atoms with Crippen LogP contribution in [0.2, 0.25) is 5.02 Å². The molecule has 0 N–H and O–H groups in total. The number of hydrogen-bond acceptors (Lipinski definition) is 4. The minimum Gasteiger partial charge on any atom is -0.323 e. The number of halogens is 2. The molecular weight excluding hydrogens is 441 g/mol. The van der Waals surface area contributed by atoms with Crippen molar-refractivity contribution >= 4 is 34.2 Å². The van der Waals surface area contributed by atoms with E-state index in [9.17, 15) is 19.2 Å². The lowest BCUT2D eigenvalue weighted by molar-refractivity contribution is -0.137. The molecule has 5 nitrogen and oxygen atoms in total. The van der Waals surface area contributed by atoms with Crippen molar-refractivity contribution in [2.24, 2.45) is 0 Å². The van der Waals surface area contributed by atoms with Crippen molar-refractivity contribution in [3.8, 4) is 17.2 Å². The molecule has 1 aliphatic rings. The van der Waals surface area contributed by atoms with Crippen molar-refractivity contribution < 1.29 is 14.0 Å². The Balaban J connectivity index is 1.54. The minimum absolute atomic E-state index is 0.0270. The third-order valence-corrected chi connectivity index (χ3v) is 6.32. The predicted molar refractivity (Wildman–Crippen MR) is 126 cm³/mol. The molecule has 168 valence electrons. The van der Waals surface area contributed by atoms with Crippen LogP contribution in [0.25, 0.3) is 22.0 Å². The van der Waals surface area contributed by atoms with Crippen LogP contribution in [0.15, 0.2) is 54.7 Å². The van der Waals surface area contributed by atoms with Gasteiger partial charge >= 0.3 is 0 Å². The maximum absolute atomic E-state index is 14.4. The van der Waals surface area contributed by atoms with Crippen LogP contribution in [0.5, 0.6) is 0 Å². The van der Waals surface area contributed by atoms with Gasteiger partial charge in [-0.1, -0.05) is 29.8 Å². The molecule has 0 radical (unpaired) electrons. The van der Waals surface area contributed by atoms with Crippen LogP contribution in [0, 0.1) is 11.3 Å². The minimum atomic E-state index is -1.52. The topological polar surface area (TPSA) is 74.1 Å². The van der Waals surface area contributed by atoms with Gasteiger partial charge in [-0.2, -0.15) is 5.26 Å². The fourth-order valence-electron chi connectivity index (χ4n) is 4.24. The number of piperidine rings is 1. The van der Waals surface area contributed by atoms with E-state index in [4.69, 9.17) is 11.6 Å². The van der Waals surface area contributed by atoms with Gasteiger partial charge in [0.15, 0.2) is 5.78 Å². The average molecular weight is 464 g/mol. The van der Waals surface area contributed by atoms with Crippen LogP contribution < -0.4 is 0 Å². The third kappa shape index (κ3) is 5.04. The molecule has 3 aromatic rings. The molecule has 1 unspecified atom stereocenters. The first-order chi connectivity index (χ1) is 15.8. The Hall–Kier alpha value is -3.30. The first-order valence-corrected chi connectivity index (χ1v) is 11.2. The summed E-state index contributed by atoms with van der Waals surface area (Å²) in [5, 5.41) is 10.7. The summed E-state index contributed by atoms with van der Waals surface area (Å²) in [4.78, 5) is 31.4. The highest BCUT2D eigenvalue weighted by Gasteiger charge is 2.38. The lowest BCUT2D eigenvalue weighted by atomic mass is 9.91. The van der Waals surface area contributed by atoms with E-state index in [0.717, 1.165) is 11.1 Å². The molecule has 2 aromatic carbocycles. The van der Waals surface area contributed by atoms with Crippen molar-refractivity contribution in [3.05, 3.63) is 65.3 Å². The van der Waals surface area contributed by atoms with Gasteiger partial charge in [-0.25, -0.2) is 4.39 Å². The van der Waals surface area contributed by atoms with Gasteiger partial charge in [0.25, 0.3) is 0 Å². The highest BCUT2D eigenvalue weighted by molar-refractivity contribution is 6.30. The summed E-state index contributed by atoms with van der Waals surface area (Å²) in [7, 11) is 0. The first-order valence-electron chi connectivity index (χ1n) is 10.8. The number of amides is 1. The lowest BCUT2D eigenvalue weighted by Crippen LogP contribution is -2.51. The van der Waals surface area contributed by atoms with Gasteiger partial charge < -0.3 is 4.90 Å². The highest BCUT2D eigenvalue weighted by Crippen LogP contribution is 2.30. The average Bonchev–Trinajstić information content (AvgIpc) is 2.81. The van der Waals surface area contributed by atoms with E-state index in [2.05, 4.69) is 11.1 Å². The number of fused-ring (bicyclic) bond motifs is 1. The van der Waals surface area contributed by atoms with E-state index in [1.54, 1.807) is 24.4 Å². The van der Waals surface area contributed by atoms with E-state index in [0.29, 0.717) is 27.9 Å². The molecule has 0 saturated carbocycles. The lowest BCUT2D eigenvalue weighted by Gasteiger charge is -2.38. The molecular formula is C26H23ClFN3O2. The molecule has 4 rings (SSSR count). The number of carbonyl (C=O) groups is 2. The number of nitriles is 1. The summed E-state index contributed by atoms with van der Waals surface area (Å²) < 4.78 is 14.4. The smallest absolute Gasteiger partial charge is 0.224 e. The molecule has 0 bridgehead atoms. The molecule has 7 heteroatoms. The van der Waals surface area contributed by atoms with Crippen LogP contribution >= 0.6 is 11.6 Å². The van der Waals surface area contributed by atoms with E-state index in [-0.39, 0.29) is 37.5 Å². The molecule has 0 aliphatic carbocycles. The molecule has 0 spiro atoms. The maximum Gasteiger partial charge on any atom is 0.224 e. The number of Topliss-reactive ketones (excluding diaryl/α,β-unsaturated/α-hetero) is 1. The zero-order valence-corrected chi connectivity index (χ0v) is 19.0.